The molecule has 0 N–H and O–H groups in total. The number of aryl methyl sites for hydroxylation is 4. The summed E-state index contributed by atoms with van der Waals surface area (Å²) < 4.78 is 0. The number of piperidine rings is 1. The van der Waals surface area contributed by atoms with Crippen LogP contribution in [-0.2, 0) is 23.4 Å². The molecule has 1 aliphatic heterocycles. The van der Waals surface area contributed by atoms with Crippen molar-refractivity contribution in [1.82, 2.24) is 35.0 Å². The van der Waals surface area contributed by atoms with Gasteiger partial charge in [-0.15, -0.1) is 0 Å². The van der Waals surface area contributed by atoms with E-state index in [1.54, 1.807) is 7.11 Å². The van der Waals surface area contributed by atoms with Crippen molar-refractivity contribution < 1.29 is 23.4 Å². The topological polar surface area (TPSA) is 96.3 Å². The van der Waals surface area contributed by atoms with Gasteiger partial charge in [-0.1, -0.05) is 0 Å². The minimum Gasteiger partial charge on any atom is -0.483 e. The molecule has 0 spiro atoms. The Morgan fingerprint density at radius 1 is 0.829 bits per heavy atom. The van der Waals surface area contributed by atoms with Crippen molar-refractivity contribution in [2.75, 3.05) is 30.6 Å². The van der Waals surface area contributed by atoms with Crippen LogP contribution in [0.15, 0.2) is 0 Å². The summed E-state index contributed by atoms with van der Waals surface area (Å²) in [6.07, 6.45) is 1.77. The van der Waals surface area contributed by atoms with Crippen LogP contribution in [0, 0.1) is 27.7 Å². The molecule has 10 nitrogen and oxygen atoms in total. The van der Waals surface area contributed by atoms with E-state index in [9.17, 15) is 0 Å². The van der Waals surface area contributed by atoms with Crippen molar-refractivity contribution >= 4 is 40.8 Å². The largest absolute Gasteiger partial charge is 0.483 e. The van der Waals surface area contributed by atoms with Crippen LogP contribution in [0.4, 0.5) is 11.9 Å². The summed E-state index contributed by atoms with van der Waals surface area (Å²) in [5.74, 6) is 4.13. The second-order valence-electron chi connectivity index (χ2n) is 9.93. The van der Waals surface area contributed by atoms with E-state index >= 15 is 0 Å². The van der Waals surface area contributed by atoms with Gasteiger partial charge in [0.1, 0.15) is 23.3 Å². The number of hydrogen-bond acceptors (Lipinski definition) is 10. The Labute approximate surface area is 237 Å². The Kier molecular flexibility index (Phi) is 12.2. The predicted octanol–water partition coefficient (Wildman–Crippen LogP) is 4.25. The Bertz CT molecular complexity index is 923. The van der Waals surface area contributed by atoms with Crippen molar-refractivity contribution in [2.45, 2.75) is 85.4 Å². The first-order valence-electron chi connectivity index (χ1n) is 11.2. The minimum absolute atomic E-state index is 0. The molecule has 0 aliphatic carbocycles. The molecule has 35 heavy (non-hydrogen) atoms. The van der Waals surface area contributed by atoms with Gasteiger partial charge in [0.2, 0.25) is 11.9 Å². The molecule has 1 fully saturated rings. The average molecular weight is 653 g/mol. The Morgan fingerprint density at radius 2 is 1.20 bits per heavy atom. The molecule has 0 unspecified atom stereocenters. The molecule has 3 heterocycles. The van der Waals surface area contributed by atoms with Crippen LogP contribution >= 0.6 is 28.9 Å². The van der Waals surface area contributed by atoms with E-state index in [1.165, 1.54) is 0 Å². The summed E-state index contributed by atoms with van der Waals surface area (Å²) in [6, 6.07) is 0.180. The van der Waals surface area contributed by atoms with Crippen LogP contribution in [-0.4, -0.2) is 72.9 Å². The fourth-order valence-electron chi connectivity index (χ4n) is 5.06. The SMILES string of the molecule is CON1C(C)(C)CC(N(CN(C)c2nc(C)nc(C)n2)c2nc(C)nc(C)n2)CC1(C)C.[PH-]I.[V]. The van der Waals surface area contributed by atoms with Crippen LogP contribution in [0.1, 0.15) is 63.8 Å². The van der Waals surface area contributed by atoms with Crippen molar-refractivity contribution in [2.24, 2.45) is 0 Å². The van der Waals surface area contributed by atoms with Gasteiger partial charge in [-0.3, -0.25) is 0 Å². The average Bonchev–Trinajstić information content (AvgIpc) is 2.70. The summed E-state index contributed by atoms with van der Waals surface area (Å²) in [5, 5.41) is 2.11. The Balaban J connectivity index is 0.00000199. The minimum atomic E-state index is -0.171. The van der Waals surface area contributed by atoms with Crippen LogP contribution in [0.5, 0.6) is 0 Å². The quantitative estimate of drug-likeness (QED) is 0.256. The van der Waals surface area contributed by atoms with Gasteiger partial charge in [0.25, 0.3) is 0 Å². The van der Waals surface area contributed by atoms with E-state index < -0.39 is 0 Å². The zero-order valence-electron chi connectivity index (χ0n) is 22.5. The van der Waals surface area contributed by atoms with Gasteiger partial charge < -0.3 is 43.6 Å². The maximum atomic E-state index is 5.81. The monoisotopic (exact) mass is 653 g/mol. The molecule has 1 aliphatic rings. The maximum absolute atomic E-state index is 5.81. The predicted molar refractivity (Wildman–Crippen MR) is 147 cm³/mol. The molecule has 1 radical (unpaired) electrons. The molecule has 0 bridgehead atoms. The number of hydroxylamine groups is 2. The third-order valence-electron chi connectivity index (χ3n) is 5.85. The standard InChI is InChI=1S/C22H37N9O.HIP.V/c1-14-23-15(2)26-19(25-14)29(9)13-30(20-27-16(3)24-17(4)28-20)18-11-21(5,6)31(32-10)22(7,8)12-18;1-2;/h18H,11-13H2,1-10H3;2H;/q;-1;. The second-order valence-corrected chi connectivity index (χ2v) is 9.93. The number of rotatable bonds is 6. The zero-order chi connectivity index (χ0) is 25.8. The normalized spacial score (nSPS) is 17.1. The fraction of sp³-hybridized carbons (Fsp3) is 0.727. The molecule has 195 valence electrons. The van der Waals surface area contributed by atoms with Crippen LogP contribution in [0.2, 0.25) is 0 Å². The number of aromatic nitrogens is 6. The van der Waals surface area contributed by atoms with Gasteiger partial charge >= 0.3 is 0 Å². The fourth-order valence-corrected chi connectivity index (χ4v) is 5.06. The van der Waals surface area contributed by atoms with E-state index in [0.29, 0.717) is 41.9 Å². The molecule has 1 saturated heterocycles. The van der Waals surface area contributed by atoms with Crippen molar-refractivity contribution in [3.05, 3.63) is 23.3 Å². The summed E-state index contributed by atoms with van der Waals surface area (Å²) in [7, 11) is 3.74. The maximum Gasteiger partial charge on any atom is 0.230 e. The van der Waals surface area contributed by atoms with Gasteiger partial charge in [0, 0.05) is 42.7 Å². The molecule has 0 amide bonds. The Morgan fingerprint density at radius 3 is 1.57 bits per heavy atom. The second kappa shape index (κ2) is 13.2. The van der Waals surface area contributed by atoms with Gasteiger partial charge in [-0.2, -0.15) is 25.0 Å². The van der Waals surface area contributed by atoms with Crippen molar-refractivity contribution in [1.29, 1.82) is 0 Å². The van der Waals surface area contributed by atoms with Gasteiger partial charge in [-0.25, -0.2) is 9.97 Å². The summed E-state index contributed by atoms with van der Waals surface area (Å²) in [5.41, 5.74) is -0.342. The van der Waals surface area contributed by atoms with Gasteiger partial charge in [0.15, 0.2) is 0 Å². The molecule has 0 aromatic carbocycles. The van der Waals surface area contributed by atoms with Crippen molar-refractivity contribution in [3.63, 3.8) is 0 Å². The first-order chi connectivity index (χ1) is 15.8. The smallest absolute Gasteiger partial charge is 0.230 e. The first-order valence-corrected chi connectivity index (χ1v) is 14.8. The van der Waals surface area contributed by atoms with E-state index in [-0.39, 0.29) is 35.7 Å². The molecule has 0 atom stereocenters. The summed E-state index contributed by atoms with van der Waals surface area (Å²) >= 11 is 1.96. The first kappa shape index (κ1) is 32.3. The summed E-state index contributed by atoms with van der Waals surface area (Å²) in [6.45, 7) is 19.9. The molecular formula is C22H38IN9OPV-. The van der Waals surface area contributed by atoms with E-state index in [4.69, 9.17) is 14.8 Å². The van der Waals surface area contributed by atoms with Crippen LogP contribution in [0.3, 0.4) is 0 Å². The molecule has 3 rings (SSSR count). The molecule has 13 heteroatoms. The molecule has 2 aromatic heterocycles. The van der Waals surface area contributed by atoms with E-state index in [1.807, 2.05) is 61.7 Å². The molecule has 0 saturated carbocycles. The number of halogens is 1. The van der Waals surface area contributed by atoms with Crippen LogP contribution < -0.4 is 9.80 Å². The zero-order valence-corrected chi connectivity index (χ0v) is 27.0. The van der Waals surface area contributed by atoms with Gasteiger partial charge in [-0.05, 0) is 68.2 Å². The van der Waals surface area contributed by atoms with Crippen LogP contribution in [0.25, 0.3) is 0 Å². The van der Waals surface area contributed by atoms with E-state index in [2.05, 4.69) is 64.5 Å². The number of hydrogen-bond donors (Lipinski definition) is 0. The number of nitrogens with zero attached hydrogens (tertiary/aromatic N) is 9. The van der Waals surface area contributed by atoms with Crippen molar-refractivity contribution in [3.8, 4) is 0 Å². The third kappa shape index (κ3) is 8.13. The molecular weight excluding hydrogens is 615 g/mol. The number of anilines is 2. The molecule has 2 aromatic rings. The third-order valence-corrected chi connectivity index (χ3v) is 5.85. The van der Waals surface area contributed by atoms with Gasteiger partial charge in [0.05, 0.1) is 13.8 Å². The Hall–Kier alpha value is -0.716. The summed E-state index contributed by atoms with van der Waals surface area (Å²) in [4.78, 5) is 37.3. The van der Waals surface area contributed by atoms with E-state index in [0.717, 1.165) is 12.8 Å².